The van der Waals surface area contributed by atoms with Crippen LogP contribution >= 0.6 is 0 Å². The van der Waals surface area contributed by atoms with Crippen molar-refractivity contribution in [2.45, 2.75) is 39.3 Å². The highest BCUT2D eigenvalue weighted by Gasteiger charge is 2.20. The predicted molar refractivity (Wildman–Crippen MR) is 74.4 cm³/mol. The van der Waals surface area contributed by atoms with E-state index in [1.54, 1.807) is 0 Å². The largest absolute Gasteiger partial charge is 0.368 e. The van der Waals surface area contributed by atoms with Crippen molar-refractivity contribution in [3.8, 4) is 0 Å². The maximum Gasteiger partial charge on any atom is 0.234 e. The number of nitrogens with zero attached hydrogens (tertiary/aromatic N) is 2. The van der Waals surface area contributed by atoms with E-state index in [4.69, 9.17) is 5.73 Å². The van der Waals surface area contributed by atoms with E-state index in [1.807, 2.05) is 6.92 Å². The van der Waals surface area contributed by atoms with Gasteiger partial charge in [-0.15, -0.1) is 0 Å². The molecule has 1 saturated heterocycles. The summed E-state index contributed by atoms with van der Waals surface area (Å²) in [4.78, 5) is 16.2. The van der Waals surface area contributed by atoms with Crippen LogP contribution in [0.1, 0.15) is 27.2 Å². The summed E-state index contributed by atoms with van der Waals surface area (Å²) >= 11 is 0. The van der Waals surface area contributed by atoms with Gasteiger partial charge in [-0.2, -0.15) is 0 Å². The molecule has 1 aliphatic heterocycles. The molecule has 0 bridgehead atoms. The number of nitrogens with two attached hydrogens (primary N) is 1. The van der Waals surface area contributed by atoms with E-state index in [9.17, 15) is 4.79 Å². The fraction of sp³-hybridized carbons (Fsp3) is 0.923. The van der Waals surface area contributed by atoms with Crippen molar-refractivity contribution in [2.75, 3.05) is 39.3 Å². The fourth-order valence-electron chi connectivity index (χ4n) is 2.41. The molecule has 106 valence electrons. The Labute approximate surface area is 111 Å². The van der Waals surface area contributed by atoms with E-state index in [0.717, 1.165) is 45.7 Å². The van der Waals surface area contributed by atoms with Gasteiger partial charge in [0.2, 0.25) is 5.91 Å². The SMILES string of the molecule is CCNC(CCN1CCN(C(C)C)CC1)C(N)=O. The minimum atomic E-state index is -0.238. The number of rotatable bonds is 7. The fourth-order valence-corrected chi connectivity index (χ4v) is 2.41. The number of piperazine rings is 1. The lowest BCUT2D eigenvalue weighted by molar-refractivity contribution is -0.120. The van der Waals surface area contributed by atoms with Gasteiger partial charge in [-0.05, 0) is 26.8 Å². The molecule has 3 N–H and O–H groups in total. The Morgan fingerprint density at radius 1 is 1.28 bits per heavy atom. The molecule has 18 heavy (non-hydrogen) atoms. The first-order valence-electron chi connectivity index (χ1n) is 7.03. The van der Waals surface area contributed by atoms with Crippen molar-refractivity contribution < 1.29 is 4.79 Å². The summed E-state index contributed by atoms with van der Waals surface area (Å²) in [7, 11) is 0. The molecule has 0 radical (unpaired) electrons. The second kappa shape index (κ2) is 7.71. The van der Waals surface area contributed by atoms with Crippen LogP contribution in [0, 0.1) is 0 Å². The van der Waals surface area contributed by atoms with Gasteiger partial charge in [0.25, 0.3) is 0 Å². The first kappa shape index (κ1) is 15.4. The molecule has 0 aromatic rings. The zero-order chi connectivity index (χ0) is 13.5. The molecule has 0 aliphatic carbocycles. The molecule has 5 nitrogen and oxygen atoms in total. The van der Waals surface area contributed by atoms with Crippen molar-refractivity contribution in [2.24, 2.45) is 5.73 Å². The molecule has 1 rings (SSSR count). The maximum atomic E-state index is 11.2. The Morgan fingerprint density at radius 3 is 2.33 bits per heavy atom. The van der Waals surface area contributed by atoms with Gasteiger partial charge in [0, 0.05) is 38.8 Å². The molecule has 1 aliphatic rings. The Bertz CT molecular complexity index is 249. The number of primary amides is 1. The zero-order valence-electron chi connectivity index (χ0n) is 12.0. The lowest BCUT2D eigenvalue weighted by Crippen LogP contribution is -2.50. The van der Waals surface area contributed by atoms with Gasteiger partial charge in [0.15, 0.2) is 0 Å². The minimum absolute atomic E-state index is 0.182. The van der Waals surface area contributed by atoms with Crippen LogP contribution < -0.4 is 11.1 Å². The third kappa shape index (κ3) is 4.92. The summed E-state index contributed by atoms with van der Waals surface area (Å²) in [6, 6.07) is 0.449. The third-order valence-electron chi connectivity index (χ3n) is 3.67. The second-order valence-electron chi connectivity index (χ2n) is 5.27. The molecule has 0 saturated carbocycles. The van der Waals surface area contributed by atoms with Gasteiger partial charge in [0.1, 0.15) is 0 Å². The van der Waals surface area contributed by atoms with Gasteiger partial charge in [-0.1, -0.05) is 6.92 Å². The molecular formula is C13H28N4O. The molecule has 1 unspecified atom stereocenters. The summed E-state index contributed by atoms with van der Waals surface area (Å²) in [5.41, 5.74) is 5.37. The summed E-state index contributed by atoms with van der Waals surface area (Å²) < 4.78 is 0. The van der Waals surface area contributed by atoms with E-state index < -0.39 is 0 Å². The average molecular weight is 256 g/mol. The molecular weight excluding hydrogens is 228 g/mol. The normalized spacial score (nSPS) is 20.2. The molecule has 1 fully saturated rings. The molecule has 0 spiro atoms. The van der Waals surface area contributed by atoms with E-state index in [1.165, 1.54) is 0 Å². The highest BCUT2D eigenvalue weighted by molar-refractivity contribution is 5.79. The Balaban J connectivity index is 2.26. The summed E-state index contributed by atoms with van der Waals surface area (Å²) in [5, 5.41) is 3.14. The predicted octanol–water partition coefficient (Wildman–Crippen LogP) is -0.134. The molecule has 5 heteroatoms. The van der Waals surface area contributed by atoms with Crippen molar-refractivity contribution >= 4 is 5.91 Å². The van der Waals surface area contributed by atoms with Gasteiger partial charge >= 0.3 is 0 Å². The number of likely N-dealkylation sites (N-methyl/N-ethyl adjacent to an activating group) is 1. The summed E-state index contributed by atoms with van der Waals surface area (Å²) in [5.74, 6) is -0.238. The quantitative estimate of drug-likeness (QED) is 0.666. The molecule has 1 heterocycles. The maximum absolute atomic E-state index is 11.2. The number of nitrogens with one attached hydrogen (secondary N) is 1. The van der Waals surface area contributed by atoms with Gasteiger partial charge in [-0.3, -0.25) is 9.69 Å². The first-order valence-corrected chi connectivity index (χ1v) is 7.03. The molecule has 1 atom stereocenters. The molecule has 0 aromatic heterocycles. The standard InChI is InChI=1S/C13H28N4O/c1-4-15-12(13(14)18)5-6-16-7-9-17(10-8-16)11(2)3/h11-12,15H,4-10H2,1-3H3,(H2,14,18). The van der Waals surface area contributed by atoms with Gasteiger partial charge in [0.05, 0.1) is 6.04 Å². The summed E-state index contributed by atoms with van der Waals surface area (Å²) in [6.07, 6.45) is 0.810. The van der Waals surface area contributed by atoms with E-state index >= 15 is 0 Å². The van der Waals surface area contributed by atoms with Crippen LogP contribution in [0.5, 0.6) is 0 Å². The second-order valence-corrected chi connectivity index (χ2v) is 5.27. The zero-order valence-corrected chi connectivity index (χ0v) is 12.0. The van der Waals surface area contributed by atoms with Crippen LogP contribution in [0.15, 0.2) is 0 Å². The molecule has 0 aromatic carbocycles. The van der Waals surface area contributed by atoms with Crippen molar-refractivity contribution in [1.82, 2.24) is 15.1 Å². The van der Waals surface area contributed by atoms with Crippen LogP contribution in [-0.2, 0) is 4.79 Å². The number of carbonyl (C=O) groups excluding carboxylic acids is 1. The molecule has 1 amide bonds. The van der Waals surface area contributed by atoms with Gasteiger partial charge < -0.3 is 16.0 Å². The number of carbonyl (C=O) groups is 1. The van der Waals surface area contributed by atoms with Gasteiger partial charge in [-0.25, -0.2) is 0 Å². The van der Waals surface area contributed by atoms with Crippen molar-refractivity contribution in [3.05, 3.63) is 0 Å². The number of hydrogen-bond acceptors (Lipinski definition) is 4. The summed E-state index contributed by atoms with van der Waals surface area (Å²) in [6.45, 7) is 12.7. The van der Waals surface area contributed by atoms with Crippen LogP contribution in [0.2, 0.25) is 0 Å². The van der Waals surface area contributed by atoms with Crippen molar-refractivity contribution in [3.63, 3.8) is 0 Å². The van der Waals surface area contributed by atoms with E-state index in [0.29, 0.717) is 6.04 Å². The Morgan fingerprint density at radius 2 is 1.89 bits per heavy atom. The van der Waals surface area contributed by atoms with Crippen molar-refractivity contribution in [1.29, 1.82) is 0 Å². The Kier molecular flexibility index (Phi) is 6.60. The lowest BCUT2D eigenvalue weighted by atomic mass is 10.1. The highest BCUT2D eigenvalue weighted by Crippen LogP contribution is 2.06. The van der Waals surface area contributed by atoms with Crippen LogP contribution in [0.4, 0.5) is 0 Å². The minimum Gasteiger partial charge on any atom is -0.368 e. The van der Waals surface area contributed by atoms with E-state index in [-0.39, 0.29) is 11.9 Å². The number of hydrogen-bond donors (Lipinski definition) is 2. The Hall–Kier alpha value is -0.650. The van der Waals surface area contributed by atoms with E-state index in [2.05, 4.69) is 29.0 Å². The van der Waals surface area contributed by atoms with Crippen LogP contribution in [0.25, 0.3) is 0 Å². The first-order chi connectivity index (χ1) is 8.54. The lowest BCUT2D eigenvalue weighted by Gasteiger charge is -2.37. The highest BCUT2D eigenvalue weighted by atomic mass is 16.1. The van der Waals surface area contributed by atoms with Crippen LogP contribution in [0.3, 0.4) is 0 Å². The number of amides is 1. The topological polar surface area (TPSA) is 61.6 Å². The monoisotopic (exact) mass is 256 g/mol. The van der Waals surface area contributed by atoms with Crippen LogP contribution in [-0.4, -0.2) is 67.1 Å². The smallest absolute Gasteiger partial charge is 0.234 e. The third-order valence-corrected chi connectivity index (χ3v) is 3.67. The average Bonchev–Trinajstić information content (AvgIpc) is 2.34.